The lowest BCUT2D eigenvalue weighted by atomic mass is 10.1. The molecular formula is C21H21Cl2FN4O4S. The standard InChI is InChI=1S/C21H20ClFN4O4S.ClH/c1-29-4-5-30-18-3-2-12(6-13(18)9-24)20-26-27-21(32-20)15-7-17(23)19(8-16(15)22)31-11-14(25)10-28;/h2-3,6-8,14,28H,4-5,10-11,25H2,1H3;1H/t14-;/m1./s1. The summed E-state index contributed by atoms with van der Waals surface area (Å²) in [5, 5.41) is 27.8. The van der Waals surface area contributed by atoms with Crippen LogP contribution in [0.5, 0.6) is 11.5 Å². The van der Waals surface area contributed by atoms with Crippen molar-refractivity contribution in [2.45, 2.75) is 6.04 Å². The van der Waals surface area contributed by atoms with Crippen molar-refractivity contribution in [3.8, 4) is 38.7 Å². The van der Waals surface area contributed by atoms with Crippen LogP contribution in [-0.4, -0.2) is 54.9 Å². The highest BCUT2D eigenvalue weighted by Gasteiger charge is 2.17. The van der Waals surface area contributed by atoms with Crippen molar-refractivity contribution >= 4 is 35.3 Å². The van der Waals surface area contributed by atoms with E-state index in [1.54, 1.807) is 25.3 Å². The van der Waals surface area contributed by atoms with Crippen molar-refractivity contribution in [3.05, 3.63) is 46.7 Å². The lowest BCUT2D eigenvalue weighted by Crippen LogP contribution is -2.31. The van der Waals surface area contributed by atoms with Crippen LogP contribution in [0.25, 0.3) is 21.1 Å². The zero-order chi connectivity index (χ0) is 23.1. The number of hydrogen-bond acceptors (Lipinski definition) is 9. The van der Waals surface area contributed by atoms with E-state index in [1.165, 1.54) is 23.5 Å². The van der Waals surface area contributed by atoms with Crippen molar-refractivity contribution in [3.63, 3.8) is 0 Å². The lowest BCUT2D eigenvalue weighted by molar-refractivity contribution is 0.146. The van der Waals surface area contributed by atoms with E-state index in [0.717, 1.165) is 0 Å². The van der Waals surface area contributed by atoms with Gasteiger partial charge in [-0.2, -0.15) is 5.26 Å². The first-order valence-corrected chi connectivity index (χ1v) is 10.6. The number of aliphatic hydroxyl groups excluding tert-OH is 1. The zero-order valence-electron chi connectivity index (χ0n) is 17.5. The van der Waals surface area contributed by atoms with Gasteiger partial charge in [-0.05, 0) is 24.3 Å². The van der Waals surface area contributed by atoms with Crippen LogP contribution in [0.4, 0.5) is 4.39 Å². The van der Waals surface area contributed by atoms with Gasteiger partial charge in [0.15, 0.2) is 11.6 Å². The van der Waals surface area contributed by atoms with Gasteiger partial charge in [0.1, 0.15) is 35.0 Å². The predicted molar refractivity (Wildman–Crippen MR) is 126 cm³/mol. The Kier molecular flexibility index (Phi) is 10.2. The first-order valence-electron chi connectivity index (χ1n) is 9.45. The molecule has 3 N–H and O–H groups in total. The molecule has 0 amide bonds. The van der Waals surface area contributed by atoms with E-state index < -0.39 is 11.9 Å². The van der Waals surface area contributed by atoms with E-state index in [-0.39, 0.29) is 36.4 Å². The van der Waals surface area contributed by atoms with Gasteiger partial charge in [-0.3, -0.25) is 0 Å². The monoisotopic (exact) mass is 514 g/mol. The molecule has 0 aliphatic heterocycles. The summed E-state index contributed by atoms with van der Waals surface area (Å²) < 4.78 is 30.2. The van der Waals surface area contributed by atoms with Gasteiger partial charge in [-0.15, -0.1) is 22.6 Å². The summed E-state index contributed by atoms with van der Waals surface area (Å²) in [6.45, 7) is 0.387. The third-order valence-electron chi connectivity index (χ3n) is 4.26. The average Bonchev–Trinajstić information content (AvgIpc) is 3.29. The van der Waals surface area contributed by atoms with Crippen molar-refractivity contribution < 1.29 is 23.7 Å². The van der Waals surface area contributed by atoms with Gasteiger partial charge in [0.2, 0.25) is 0 Å². The number of aromatic nitrogens is 2. The van der Waals surface area contributed by atoms with Crippen molar-refractivity contribution in [2.75, 3.05) is 33.5 Å². The normalized spacial score (nSPS) is 11.4. The topological polar surface area (TPSA) is 124 Å². The van der Waals surface area contributed by atoms with E-state index in [4.69, 9.17) is 36.7 Å². The molecule has 0 spiro atoms. The summed E-state index contributed by atoms with van der Waals surface area (Å²) in [6, 6.07) is 9.10. The van der Waals surface area contributed by atoms with Gasteiger partial charge in [-0.25, -0.2) is 4.39 Å². The minimum atomic E-state index is -0.643. The summed E-state index contributed by atoms with van der Waals surface area (Å²) in [4.78, 5) is 0. The number of halogens is 3. The molecule has 0 radical (unpaired) electrons. The molecular weight excluding hydrogens is 494 g/mol. The number of hydrogen-bond donors (Lipinski definition) is 2. The molecule has 1 heterocycles. The smallest absolute Gasteiger partial charge is 0.165 e. The van der Waals surface area contributed by atoms with Crippen LogP contribution < -0.4 is 15.2 Å². The summed E-state index contributed by atoms with van der Waals surface area (Å²) in [7, 11) is 1.57. The van der Waals surface area contributed by atoms with Gasteiger partial charge in [0, 0.05) is 24.3 Å². The molecule has 0 aliphatic rings. The molecule has 1 atom stereocenters. The van der Waals surface area contributed by atoms with Crippen LogP contribution in [0, 0.1) is 17.1 Å². The number of rotatable bonds is 10. The van der Waals surface area contributed by atoms with Crippen LogP contribution in [0.15, 0.2) is 30.3 Å². The molecule has 1 aromatic heterocycles. The highest BCUT2D eigenvalue weighted by Crippen LogP contribution is 2.37. The summed E-state index contributed by atoms with van der Waals surface area (Å²) in [5.41, 5.74) is 6.94. The third-order valence-corrected chi connectivity index (χ3v) is 5.57. The Morgan fingerprint density at radius 2 is 1.94 bits per heavy atom. The maximum Gasteiger partial charge on any atom is 0.165 e. The second kappa shape index (κ2) is 12.6. The van der Waals surface area contributed by atoms with Crippen molar-refractivity contribution in [2.24, 2.45) is 5.73 Å². The molecule has 0 bridgehead atoms. The number of nitrogens with two attached hydrogens (primary N) is 1. The summed E-state index contributed by atoms with van der Waals surface area (Å²) >= 11 is 7.51. The fraction of sp³-hybridized carbons (Fsp3) is 0.286. The molecule has 0 saturated heterocycles. The Morgan fingerprint density at radius 3 is 2.64 bits per heavy atom. The fourth-order valence-corrected chi connectivity index (χ4v) is 3.78. The predicted octanol–water partition coefficient (Wildman–Crippen LogP) is 3.68. The summed E-state index contributed by atoms with van der Waals surface area (Å²) in [5.74, 6) is -0.273. The van der Waals surface area contributed by atoms with Crippen LogP contribution in [-0.2, 0) is 4.74 Å². The number of nitrogens with zero attached hydrogens (tertiary/aromatic N) is 3. The third kappa shape index (κ3) is 6.74. The van der Waals surface area contributed by atoms with E-state index in [9.17, 15) is 9.65 Å². The van der Waals surface area contributed by atoms with Gasteiger partial charge in [0.25, 0.3) is 0 Å². The van der Waals surface area contributed by atoms with Crippen LogP contribution >= 0.6 is 35.3 Å². The number of ether oxygens (including phenoxy) is 3. The Morgan fingerprint density at radius 1 is 1.18 bits per heavy atom. The van der Waals surface area contributed by atoms with E-state index >= 15 is 0 Å². The molecule has 0 unspecified atom stereocenters. The summed E-state index contributed by atoms with van der Waals surface area (Å²) in [6.07, 6.45) is 0. The van der Waals surface area contributed by atoms with Gasteiger partial charge >= 0.3 is 0 Å². The van der Waals surface area contributed by atoms with Crippen molar-refractivity contribution in [1.82, 2.24) is 10.2 Å². The molecule has 3 rings (SSSR count). The Balaban J connectivity index is 0.00000385. The van der Waals surface area contributed by atoms with Crippen LogP contribution in [0.3, 0.4) is 0 Å². The Labute approximate surface area is 205 Å². The second-order valence-corrected chi connectivity index (χ2v) is 7.98. The highest BCUT2D eigenvalue weighted by atomic mass is 35.5. The molecule has 0 saturated carbocycles. The number of nitriles is 1. The van der Waals surface area contributed by atoms with Gasteiger partial charge < -0.3 is 25.1 Å². The first kappa shape index (κ1) is 26.7. The number of methoxy groups -OCH3 is 1. The maximum absolute atomic E-state index is 14.5. The van der Waals surface area contributed by atoms with E-state index in [2.05, 4.69) is 16.3 Å². The largest absolute Gasteiger partial charge is 0.490 e. The number of aliphatic hydroxyl groups is 1. The molecule has 176 valence electrons. The minimum absolute atomic E-state index is 0. The van der Waals surface area contributed by atoms with Crippen molar-refractivity contribution in [1.29, 1.82) is 5.26 Å². The molecule has 8 nitrogen and oxygen atoms in total. The SMILES string of the molecule is COCCOc1ccc(-c2nnc(-c3cc(F)c(OC[C@H](N)CO)cc3Cl)s2)cc1C#N.Cl. The van der Waals surface area contributed by atoms with Gasteiger partial charge in [-0.1, -0.05) is 22.9 Å². The quantitative estimate of drug-likeness (QED) is 0.392. The average molecular weight is 515 g/mol. The molecule has 3 aromatic rings. The fourth-order valence-electron chi connectivity index (χ4n) is 2.61. The van der Waals surface area contributed by atoms with Crippen LogP contribution in [0.2, 0.25) is 5.02 Å². The zero-order valence-corrected chi connectivity index (χ0v) is 19.8. The van der Waals surface area contributed by atoms with Crippen LogP contribution in [0.1, 0.15) is 5.56 Å². The molecule has 12 heteroatoms. The molecule has 0 fully saturated rings. The minimum Gasteiger partial charge on any atom is -0.490 e. The second-order valence-electron chi connectivity index (χ2n) is 6.59. The molecule has 0 aliphatic carbocycles. The molecule has 2 aromatic carbocycles. The van der Waals surface area contributed by atoms with Gasteiger partial charge in [0.05, 0.1) is 29.8 Å². The molecule has 33 heavy (non-hydrogen) atoms. The van der Waals surface area contributed by atoms with E-state index in [1.807, 2.05) is 0 Å². The first-order chi connectivity index (χ1) is 15.5. The Bertz CT molecular complexity index is 1130. The lowest BCUT2D eigenvalue weighted by Gasteiger charge is -2.12. The Hall–Kier alpha value is -2.52. The highest BCUT2D eigenvalue weighted by molar-refractivity contribution is 7.18. The number of benzene rings is 2. The van der Waals surface area contributed by atoms with E-state index in [0.29, 0.717) is 45.7 Å². The maximum atomic E-state index is 14.5.